The van der Waals surface area contributed by atoms with Crippen LogP contribution in [0.5, 0.6) is 0 Å². The molecule has 0 amide bonds. The lowest BCUT2D eigenvalue weighted by atomic mass is 10.1. The first kappa shape index (κ1) is 15.6. The zero-order valence-electron chi connectivity index (χ0n) is 12.7. The van der Waals surface area contributed by atoms with Crippen molar-refractivity contribution in [2.75, 3.05) is 41.6 Å². The number of rotatable bonds is 5. The number of aromatic nitrogens is 1. The Morgan fingerprint density at radius 1 is 1.41 bits per heavy atom. The predicted octanol–water partition coefficient (Wildman–Crippen LogP) is 3.46. The van der Waals surface area contributed by atoms with E-state index in [1.54, 1.807) is 18.1 Å². The van der Waals surface area contributed by atoms with Gasteiger partial charge in [0.2, 0.25) is 0 Å². The largest absolute Gasteiger partial charge is 0.358 e. The van der Waals surface area contributed by atoms with Crippen LogP contribution < -0.4 is 4.72 Å². The van der Waals surface area contributed by atoms with Crippen molar-refractivity contribution in [2.24, 2.45) is 0 Å². The zero-order chi connectivity index (χ0) is 15.4. The zero-order valence-corrected chi connectivity index (χ0v) is 14.3. The molecule has 1 aromatic heterocycles. The van der Waals surface area contributed by atoms with E-state index in [1.807, 2.05) is 18.7 Å². The number of fused-ring (bicyclic) bond motifs is 1. The summed E-state index contributed by atoms with van der Waals surface area (Å²) < 4.78 is 3.44. The quantitative estimate of drug-likeness (QED) is 0.649. The third-order valence-corrected chi connectivity index (χ3v) is 5.65. The van der Waals surface area contributed by atoms with E-state index >= 15 is 0 Å². The minimum Gasteiger partial charge on any atom is -0.358 e. The van der Waals surface area contributed by atoms with Gasteiger partial charge in [-0.15, -0.1) is 0 Å². The summed E-state index contributed by atoms with van der Waals surface area (Å²) in [6.45, 7) is 5.59. The van der Waals surface area contributed by atoms with Crippen LogP contribution in [-0.2, 0) is 0 Å². The Hall–Kier alpha value is -1.29. The Labute approximate surface area is 139 Å². The average Bonchev–Trinajstić information content (AvgIpc) is 2.99. The van der Waals surface area contributed by atoms with Crippen molar-refractivity contribution in [3.8, 4) is 6.07 Å². The molecule has 2 heterocycles. The molecule has 1 aromatic carbocycles. The van der Waals surface area contributed by atoms with Crippen LogP contribution in [0.3, 0.4) is 0 Å². The second-order valence-corrected chi connectivity index (χ2v) is 7.52. The maximum absolute atomic E-state index is 9.20. The van der Waals surface area contributed by atoms with Gasteiger partial charge in [-0.1, -0.05) is 18.0 Å². The van der Waals surface area contributed by atoms with Crippen LogP contribution in [0.1, 0.15) is 11.1 Å². The van der Waals surface area contributed by atoms with Gasteiger partial charge in [0, 0.05) is 48.5 Å². The monoisotopic (exact) mass is 332 g/mol. The summed E-state index contributed by atoms with van der Waals surface area (Å²) in [6, 6.07) is 6.41. The number of nitrogens with zero attached hydrogens (tertiary/aromatic N) is 2. The lowest BCUT2D eigenvalue weighted by Gasteiger charge is -2.25. The molecule has 0 radical (unpaired) electrons. The van der Waals surface area contributed by atoms with E-state index in [4.69, 9.17) is 0 Å². The Bertz CT molecular complexity index is 683. The van der Waals surface area contributed by atoms with Crippen molar-refractivity contribution in [1.29, 1.82) is 5.26 Å². The number of H-pyrrole nitrogens is 1. The third-order valence-electron chi connectivity index (χ3n) is 3.96. The summed E-state index contributed by atoms with van der Waals surface area (Å²) in [4.78, 5) is 5.75. The van der Waals surface area contributed by atoms with E-state index in [2.05, 4.69) is 32.8 Å². The van der Waals surface area contributed by atoms with E-state index in [1.165, 1.54) is 24.6 Å². The summed E-state index contributed by atoms with van der Waals surface area (Å²) in [7, 11) is 0. The standard InChI is InChI=1S/C16H20N4S2/c1-12-2-3-14(16-15(12)13(10-17)11-18-16)19-22-9-6-20-4-7-21-8-5-20/h2-3,11,18-19H,4-9H2,1H3. The Kier molecular flexibility index (Phi) is 5.19. The van der Waals surface area contributed by atoms with Gasteiger partial charge in [0.15, 0.2) is 0 Å². The molecule has 22 heavy (non-hydrogen) atoms. The highest BCUT2D eigenvalue weighted by Crippen LogP contribution is 2.29. The van der Waals surface area contributed by atoms with E-state index in [0.29, 0.717) is 5.56 Å². The van der Waals surface area contributed by atoms with E-state index in [0.717, 1.165) is 34.5 Å². The van der Waals surface area contributed by atoms with Crippen LogP contribution in [-0.4, -0.2) is 46.8 Å². The van der Waals surface area contributed by atoms with E-state index < -0.39 is 0 Å². The molecule has 0 spiro atoms. The highest BCUT2D eigenvalue weighted by molar-refractivity contribution is 8.00. The lowest BCUT2D eigenvalue weighted by Crippen LogP contribution is -2.34. The summed E-state index contributed by atoms with van der Waals surface area (Å²) in [5.41, 5.74) is 3.93. The first-order valence-corrected chi connectivity index (χ1v) is 9.62. The normalized spacial score (nSPS) is 15.8. The first-order chi connectivity index (χ1) is 10.8. The van der Waals surface area contributed by atoms with Crippen molar-refractivity contribution in [3.05, 3.63) is 29.5 Å². The number of benzene rings is 1. The van der Waals surface area contributed by atoms with Crippen molar-refractivity contribution in [1.82, 2.24) is 9.88 Å². The lowest BCUT2D eigenvalue weighted by molar-refractivity contribution is 0.322. The maximum Gasteiger partial charge on any atom is 0.101 e. The SMILES string of the molecule is Cc1ccc(NSCCN2CCSCC2)c2[nH]cc(C#N)c12. The van der Waals surface area contributed by atoms with Gasteiger partial charge in [0.25, 0.3) is 0 Å². The molecule has 0 saturated carbocycles. The van der Waals surface area contributed by atoms with Crippen molar-refractivity contribution in [3.63, 3.8) is 0 Å². The number of hydrogen-bond donors (Lipinski definition) is 2. The van der Waals surface area contributed by atoms with Crippen LogP contribution in [0.15, 0.2) is 18.3 Å². The van der Waals surface area contributed by atoms with E-state index in [9.17, 15) is 5.26 Å². The molecule has 116 valence electrons. The maximum atomic E-state index is 9.20. The Balaban J connectivity index is 1.61. The van der Waals surface area contributed by atoms with Gasteiger partial charge in [-0.25, -0.2) is 0 Å². The smallest absolute Gasteiger partial charge is 0.101 e. The number of nitrogens with one attached hydrogen (secondary N) is 2. The highest BCUT2D eigenvalue weighted by Gasteiger charge is 2.11. The average molecular weight is 332 g/mol. The molecule has 4 nitrogen and oxygen atoms in total. The molecule has 2 aromatic rings. The molecule has 1 aliphatic rings. The first-order valence-electron chi connectivity index (χ1n) is 7.48. The number of thioether (sulfide) groups is 1. The molecule has 2 N–H and O–H groups in total. The van der Waals surface area contributed by atoms with Crippen molar-refractivity contribution >= 4 is 40.3 Å². The predicted molar refractivity (Wildman–Crippen MR) is 97.6 cm³/mol. The van der Waals surface area contributed by atoms with Gasteiger partial charge in [-0.05, 0) is 18.6 Å². The van der Waals surface area contributed by atoms with Crippen LogP contribution in [0.4, 0.5) is 5.69 Å². The van der Waals surface area contributed by atoms with Gasteiger partial charge in [-0.3, -0.25) is 0 Å². The van der Waals surface area contributed by atoms with Gasteiger partial charge >= 0.3 is 0 Å². The van der Waals surface area contributed by atoms with E-state index in [-0.39, 0.29) is 0 Å². The van der Waals surface area contributed by atoms with Crippen molar-refractivity contribution in [2.45, 2.75) is 6.92 Å². The molecule has 0 aliphatic carbocycles. The van der Waals surface area contributed by atoms with Crippen LogP contribution in [0.25, 0.3) is 10.9 Å². The number of anilines is 1. The fourth-order valence-electron chi connectivity index (χ4n) is 2.72. The van der Waals surface area contributed by atoms with Gasteiger partial charge < -0.3 is 14.6 Å². The molecule has 0 atom stereocenters. The molecular formula is C16H20N4S2. The molecule has 3 rings (SSSR count). The minimum atomic E-state index is 0.715. The Morgan fingerprint density at radius 3 is 3.00 bits per heavy atom. The summed E-state index contributed by atoms with van der Waals surface area (Å²) >= 11 is 3.78. The number of nitriles is 1. The Morgan fingerprint density at radius 2 is 2.23 bits per heavy atom. The van der Waals surface area contributed by atoms with Gasteiger partial charge in [0.05, 0.1) is 16.8 Å². The third kappa shape index (κ3) is 3.37. The fraction of sp³-hybridized carbons (Fsp3) is 0.438. The molecule has 6 heteroatoms. The molecular weight excluding hydrogens is 312 g/mol. The summed E-state index contributed by atoms with van der Waals surface area (Å²) in [5, 5.41) is 10.2. The molecule has 0 bridgehead atoms. The number of hydrogen-bond acceptors (Lipinski definition) is 5. The second-order valence-electron chi connectivity index (χ2n) is 5.40. The molecule has 1 aliphatic heterocycles. The fourth-order valence-corrected chi connectivity index (χ4v) is 4.48. The van der Waals surface area contributed by atoms with Gasteiger partial charge in [-0.2, -0.15) is 17.0 Å². The summed E-state index contributed by atoms with van der Waals surface area (Å²) in [6.07, 6.45) is 1.79. The number of aryl methyl sites for hydroxylation is 1. The molecule has 1 fully saturated rings. The summed E-state index contributed by atoms with van der Waals surface area (Å²) in [5.74, 6) is 3.58. The molecule has 1 saturated heterocycles. The van der Waals surface area contributed by atoms with Crippen LogP contribution in [0, 0.1) is 18.3 Å². The minimum absolute atomic E-state index is 0.715. The van der Waals surface area contributed by atoms with Gasteiger partial charge in [0.1, 0.15) is 6.07 Å². The number of aromatic amines is 1. The van der Waals surface area contributed by atoms with Crippen LogP contribution >= 0.6 is 23.7 Å². The van der Waals surface area contributed by atoms with Crippen LogP contribution in [0.2, 0.25) is 0 Å². The second kappa shape index (κ2) is 7.32. The highest BCUT2D eigenvalue weighted by atomic mass is 32.2. The topological polar surface area (TPSA) is 54.8 Å². The van der Waals surface area contributed by atoms with Crippen molar-refractivity contribution < 1.29 is 0 Å². The molecule has 0 unspecified atom stereocenters.